The summed E-state index contributed by atoms with van der Waals surface area (Å²) in [6, 6.07) is 0. The lowest BCUT2D eigenvalue weighted by Crippen LogP contribution is -2.33. The first kappa shape index (κ1) is 16.1. The van der Waals surface area contributed by atoms with E-state index in [4.69, 9.17) is 0 Å². The van der Waals surface area contributed by atoms with Gasteiger partial charge in [-0.3, -0.25) is 5.10 Å². The zero-order chi connectivity index (χ0) is 14.7. The van der Waals surface area contributed by atoms with E-state index in [9.17, 15) is 8.42 Å². The molecule has 19 heavy (non-hydrogen) atoms. The van der Waals surface area contributed by atoms with E-state index in [-0.39, 0.29) is 10.4 Å². The second kappa shape index (κ2) is 6.02. The van der Waals surface area contributed by atoms with Gasteiger partial charge in [0.1, 0.15) is 0 Å². The number of rotatable bonds is 6. The van der Waals surface area contributed by atoms with Gasteiger partial charge in [0.2, 0.25) is 0 Å². The molecule has 0 aromatic carbocycles. The maximum atomic E-state index is 12.3. The lowest BCUT2D eigenvalue weighted by molar-refractivity contribution is 0.407. The molecular weight excluding hydrogens is 264 g/mol. The molecule has 0 radical (unpaired) electrons. The van der Waals surface area contributed by atoms with Crippen molar-refractivity contribution in [3.05, 3.63) is 11.3 Å². The Morgan fingerprint density at radius 2 is 1.95 bits per heavy atom. The Hall–Kier alpha value is -0.920. The van der Waals surface area contributed by atoms with Gasteiger partial charge in [-0.15, -0.1) is 0 Å². The molecule has 6 nitrogen and oxygen atoms in total. The first-order chi connectivity index (χ1) is 8.67. The molecule has 1 heterocycles. The van der Waals surface area contributed by atoms with E-state index < -0.39 is 10.0 Å². The highest BCUT2D eigenvalue weighted by molar-refractivity contribution is 7.89. The van der Waals surface area contributed by atoms with Crippen LogP contribution in [0.3, 0.4) is 0 Å². The summed E-state index contributed by atoms with van der Waals surface area (Å²) in [6.45, 7) is 11.4. The monoisotopic (exact) mass is 288 g/mol. The highest BCUT2D eigenvalue weighted by Gasteiger charge is 2.25. The van der Waals surface area contributed by atoms with Gasteiger partial charge in [-0.25, -0.2) is 13.1 Å². The van der Waals surface area contributed by atoms with Crippen LogP contribution in [0.2, 0.25) is 0 Å². The van der Waals surface area contributed by atoms with Crippen LogP contribution in [0.5, 0.6) is 0 Å². The number of H-pyrrole nitrogens is 1. The summed E-state index contributed by atoms with van der Waals surface area (Å²) < 4.78 is 27.1. The number of aromatic nitrogens is 2. The Balaban J connectivity index is 2.95. The number of nitrogens with zero attached hydrogens (tertiary/aromatic N) is 1. The van der Waals surface area contributed by atoms with Crippen molar-refractivity contribution in [1.29, 1.82) is 0 Å². The Kier molecular flexibility index (Phi) is 5.11. The van der Waals surface area contributed by atoms with Gasteiger partial charge in [-0.2, -0.15) is 5.10 Å². The average molecular weight is 288 g/mol. The van der Waals surface area contributed by atoms with Crippen LogP contribution in [0.15, 0.2) is 5.03 Å². The number of aryl methyl sites for hydroxylation is 1. The number of aromatic amines is 1. The van der Waals surface area contributed by atoms with Gasteiger partial charge in [0, 0.05) is 24.3 Å². The van der Waals surface area contributed by atoms with Crippen LogP contribution in [0, 0.1) is 12.3 Å². The first-order valence-electron chi connectivity index (χ1n) is 6.41. The summed E-state index contributed by atoms with van der Waals surface area (Å²) in [5.41, 5.74) is 1.36. The molecule has 1 aromatic heterocycles. The van der Waals surface area contributed by atoms with Crippen molar-refractivity contribution in [3.63, 3.8) is 0 Å². The SMILES string of the molecule is CCNCc1c(S(=O)(=O)NCC(C)(C)C)n[nH]c1C. The zero-order valence-corrected chi connectivity index (χ0v) is 13.1. The summed E-state index contributed by atoms with van der Waals surface area (Å²) in [5.74, 6) is 0. The number of hydrogen-bond donors (Lipinski definition) is 3. The molecule has 7 heteroatoms. The van der Waals surface area contributed by atoms with Crippen LogP contribution in [0.1, 0.15) is 39.0 Å². The lowest BCUT2D eigenvalue weighted by atomic mass is 9.98. The van der Waals surface area contributed by atoms with Crippen molar-refractivity contribution in [2.75, 3.05) is 13.1 Å². The molecule has 0 unspecified atom stereocenters. The van der Waals surface area contributed by atoms with E-state index in [0.717, 1.165) is 12.2 Å². The molecule has 110 valence electrons. The molecule has 0 saturated carbocycles. The zero-order valence-electron chi connectivity index (χ0n) is 12.3. The second-order valence-electron chi connectivity index (χ2n) is 5.80. The predicted molar refractivity (Wildman–Crippen MR) is 75.3 cm³/mol. The van der Waals surface area contributed by atoms with Crippen LogP contribution in [0.25, 0.3) is 0 Å². The first-order valence-corrected chi connectivity index (χ1v) is 7.90. The largest absolute Gasteiger partial charge is 0.313 e. The number of nitrogens with one attached hydrogen (secondary N) is 3. The fourth-order valence-corrected chi connectivity index (χ4v) is 2.97. The minimum Gasteiger partial charge on any atom is -0.313 e. The van der Waals surface area contributed by atoms with Crippen molar-refractivity contribution in [2.45, 2.75) is 46.2 Å². The molecular formula is C12H24N4O2S. The molecule has 0 aliphatic rings. The molecule has 0 fully saturated rings. The molecule has 0 spiro atoms. The van der Waals surface area contributed by atoms with Gasteiger partial charge >= 0.3 is 0 Å². The summed E-state index contributed by atoms with van der Waals surface area (Å²) in [4.78, 5) is 0. The molecule has 0 amide bonds. The van der Waals surface area contributed by atoms with Gasteiger partial charge in [0.25, 0.3) is 10.0 Å². The van der Waals surface area contributed by atoms with Crippen LogP contribution in [-0.2, 0) is 16.6 Å². The lowest BCUT2D eigenvalue weighted by Gasteiger charge is -2.18. The molecule has 3 N–H and O–H groups in total. The predicted octanol–water partition coefficient (Wildman–Crippen LogP) is 1.15. The van der Waals surface area contributed by atoms with Crippen LogP contribution >= 0.6 is 0 Å². The van der Waals surface area contributed by atoms with Crippen molar-refractivity contribution in [1.82, 2.24) is 20.2 Å². The number of hydrogen-bond acceptors (Lipinski definition) is 4. The van der Waals surface area contributed by atoms with E-state index in [1.807, 2.05) is 34.6 Å². The van der Waals surface area contributed by atoms with E-state index in [0.29, 0.717) is 18.7 Å². The fraction of sp³-hybridized carbons (Fsp3) is 0.750. The van der Waals surface area contributed by atoms with Gasteiger partial charge in [-0.1, -0.05) is 27.7 Å². The molecule has 1 rings (SSSR count). The van der Waals surface area contributed by atoms with E-state index in [1.165, 1.54) is 0 Å². The van der Waals surface area contributed by atoms with Crippen molar-refractivity contribution in [3.8, 4) is 0 Å². The average Bonchev–Trinajstić information content (AvgIpc) is 2.65. The van der Waals surface area contributed by atoms with Crippen LogP contribution in [-0.4, -0.2) is 31.7 Å². The van der Waals surface area contributed by atoms with Crippen LogP contribution < -0.4 is 10.0 Å². The van der Waals surface area contributed by atoms with Crippen molar-refractivity contribution < 1.29 is 8.42 Å². The Morgan fingerprint density at radius 3 is 2.47 bits per heavy atom. The summed E-state index contributed by atoms with van der Waals surface area (Å²) in [5, 5.41) is 9.88. The number of sulfonamides is 1. The topological polar surface area (TPSA) is 86.9 Å². The fourth-order valence-electron chi connectivity index (χ4n) is 1.49. The van der Waals surface area contributed by atoms with Gasteiger partial charge in [0.05, 0.1) is 0 Å². The van der Waals surface area contributed by atoms with Crippen molar-refractivity contribution >= 4 is 10.0 Å². The summed E-state index contributed by atoms with van der Waals surface area (Å²) in [6.07, 6.45) is 0. The highest BCUT2D eigenvalue weighted by atomic mass is 32.2. The van der Waals surface area contributed by atoms with Crippen molar-refractivity contribution in [2.24, 2.45) is 5.41 Å². The minimum absolute atomic E-state index is 0.0928. The third kappa shape index (κ3) is 4.59. The molecule has 0 bridgehead atoms. The Morgan fingerprint density at radius 1 is 1.32 bits per heavy atom. The normalized spacial score (nSPS) is 12.9. The standard InChI is InChI=1S/C12H24N4O2S/c1-6-13-7-10-9(2)15-16-11(10)19(17,18)14-8-12(3,4)5/h13-14H,6-8H2,1-5H3,(H,15,16). The minimum atomic E-state index is -3.57. The highest BCUT2D eigenvalue weighted by Crippen LogP contribution is 2.18. The third-order valence-corrected chi connectivity index (χ3v) is 4.01. The van der Waals surface area contributed by atoms with E-state index in [2.05, 4.69) is 20.2 Å². The molecule has 0 aliphatic carbocycles. The van der Waals surface area contributed by atoms with Crippen LogP contribution in [0.4, 0.5) is 0 Å². The molecule has 0 saturated heterocycles. The smallest absolute Gasteiger partial charge is 0.260 e. The van der Waals surface area contributed by atoms with E-state index >= 15 is 0 Å². The Labute approximate surface area is 115 Å². The molecule has 1 aromatic rings. The van der Waals surface area contributed by atoms with Gasteiger partial charge in [-0.05, 0) is 18.9 Å². The maximum Gasteiger partial charge on any atom is 0.260 e. The third-order valence-electron chi connectivity index (χ3n) is 2.63. The summed E-state index contributed by atoms with van der Waals surface area (Å²) >= 11 is 0. The second-order valence-corrected chi connectivity index (χ2v) is 7.48. The van der Waals surface area contributed by atoms with Gasteiger partial charge in [0.15, 0.2) is 5.03 Å². The van der Waals surface area contributed by atoms with Gasteiger partial charge < -0.3 is 5.32 Å². The maximum absolute atomic E-state index is 12.3. The van der Waals surface area contributed by atoms with E-state index in [1.54, 1.807) is 0 Å². The summed E-state index contributed by atoms with van der Waals surface area (Å²) in [7, 11) is -3.57. The molecule has 0 atom stereocenters. The molecule has 0 aliphatic heterocycles. The quantitative estimate of drug-likeness (QED) is 0.733. The Bertz CT molecular complexity index is 514.